The van der Waals surface area contributed by atoms with E-state index in [0.29, 0.717) is 29.2 Å². The first-order valence-corrected chi connectivity index (χ1v) is 12.0. The molecule has 1 aliphatic heterocycles. The van der Waals surface area contributed by atoms with Crippen molar-refractivity contribution in [2.24, 2.45) is 5.41 Å². The summed E-state index contributed by atoms with van der Waals surface area (Å²) >= 11 is 0. The molecule has 0 saturated heterocycles. The molecule has 176 valence electrons. The molecule has 1 aromatic heterocycles. The Morgan fingerprint density at radius 3 is 2.26 bits per heavy atom. The number of carbonyl (C=O) groups excluding carboxylic acids is 1. The molecule has 6 nitrogen and oxygen atoms in total. The summed E-state index contributed by atoms with van der Waals surface area (Å²) in [6.07, 6.45) is 1.55. The third kappa shape index (κ3) is 2.49. The zero-order chi connectivity index (χ0) is 24.0. The van der Waals surface area contributed by atoms with Crippen molar-refractivity contribution in [2.75, 3.05) is 6.79 Å². The quantitative estimate of drug-likeness (QED) is 0.369. The Hall–Kier alpha value is -3.15. The van der Waals surface area contributed by atoms with Crippen molar-refractivity contribution in [1.82, 2.24) is 9.97 Å². The van der Waals surface area contributed by atoms with Gasteiger partial charge in [-0.3, -0.25) is 4.79 Å². The molecule has 6 heteroatoms. The van der Waals surface area contributed by atoms with Crippen molar-refractivity contribution in [2.45, 2.75) is 71.1 Å². The number of hydrogen-bond acceptors (Lipinski definition) is 6. The number of nitrogens with zero attached hydrogens (tertiary/aromatic N) is 2. The van der Waals surface area contributed by atoms with E-state index in [9.17, 15) is 4.79 Å². The van der Waals surface area contributed by atoms with Gasteiger partial charge in [0, 0.05) is 17.5 Å². The van der Waals surface area contributed by atoms with E-state index in [1.165, 1.54) is 0 Å². The second kappa shape index (κ2) is 6.71. The largest absolute Gasteiger partial charge is 0.454 e. The van der Waals surface area contributed by atoms with Crippen LogP contribution in [0.3, 0.4) is 0 Å². The third-order valence-electron chi connectivity index (χ3n) is 8.87. The maximum Gasteiger partial charge on any atom is 0.324 e. The van der Waals surface area contributed by atoms with Gasteiger partial charge in [0.15, 0.2) is 11.5 Å². The zero-order valence-electron chi connectivity index (χ0n) is 20.6. The molecule has 0 radical (unpaired) electrons. The molecule has 34 heavy (non-hydrogen) atoms. The lowest BCUT2D eigenvalue weighted by Gasteiger charge is -2.38. The van der Waals surface area contributed by atoms with Crippen LogP contribution in [0.25, 0.3) is 11.0 Å². The van der Waals surface area contributed by atoms with Gasteiger partial charge in [0.05, 0.1) is 22.4 Å². The summed E-state index contributed by atoms with van der Waals surface area (Å²) in [4.78, 5) is 24.3. The van der Waals surface area contributed by atoms with Crippen LogP contribution in [0, 0.1) is 12.3 Å². The monoisotopic (exact) mass is 458 g/mol. The number of rotatable bonds is 3. The highest BCUT2D eigenvalue weighted by Crippen LogP contribution is 2.70. The molecule has 2 bridgehead atoms. The Morgan fingerprint density at radius 2 is 1.62 bits per heavy atom. The predicted octanol–water partition coefficient (Wildman–Crippen LogP) is 5.73. The average molecular weight is 459 g/mol. The summed E-state index contributed by atoms with van der Waals surface area (Å²) < 4.78 is 17.4. The minimum absolute atomic E-state index is 0.195. The van der Waals surface area contributed by atoms with Crippen LogP contribution in [0.1, 0.15) is 75.9 Å². The molecule has 6 rings (SSSR count). The number of hydrogen-bond donors (Lipinski definition) is 0. The maximum absolute atomic E-state index is 14.2. The lowest BCUT2D eigenvalue weighted by molar-refractivity contribution is -0.145. The van der Waals surface area contributed by atoms with Crippen molar-refractivity contribution in [1.29, 1.82) is 0 Å². The predicted molar refractivity (Wildman–Crippen MR) is 129 cm³/mol. The Kier molecular flexibility index (Phi) is 4.22. The first-order chi connectivity index (χ1) is 16.1. The van der Waals surface area contributed by atoms with Crippen LogP contribution in [-0.4, -0.2) is 22.7 Å². The van der Waals surface area contributed by atoms with Gasteiger partial charge in [-0.1, -0.05) is 46.8 Å². The number of ether oxygens (including phenoxy) is 3. The van der Waals surface area contributed by atoms with Crippen molar-refractivity contribution in [3.8, 4) is 17.2 Å². The third-order valence-corrected chi connectivity index (χ3v) is 8.87. The second-order valence-electron chi connectivity index (χ2n) is 11.1. The van der Waals surface area contributed by atoms with Crippen molar-refractivity contribution in [3.63, 3.8) is 0 Å². The van der Waals surface area contributed by atoms with E-state index in [-0.39, 0.29) is 24.1 Å². The number of aryl methyl sites for hydroxylation is 1. The summed E-state index contributed by atoms with van der Waals surface area (Å²) in [5.41, 5.74) is 3.66. The van der Waals surface area contributed by atoms with E-state index in [1.807, 2.05) is 25.1 Å². The summed E-state index contributed by atoms with van der Waals surface area (Å²) in [7, 11) is 0. The molecule has 2 atom stereocenters. The molecule has 0 spiro atoms. The number of carbonyl (C=O) groups is 1. The van der Waals surface area contributed by atoms with Gasteiger partial charge in [-0.05, 0) is 48.3 Å². The average Bonchev–Trinajstić information content (AvgIpc) is 3.35. The van der Waals surface area contributed by atoms with Crippen molar-refractivity contribution < 1.29 is 19.0 Å². The topological polar surface area (TPSA) is 70.5 Å². The molecule has 2 aliphatic carbocycles. The number of esters is 1. The Balaban J connectivity index is 1.52. The van der Waals surface area contributed by atoms with Crippen LogP contribution < -0.4 is 14.2 Å². The van der Waals surface area contributed by atoms with Crippen LogP contribution >= 0.6 is 0 Å². The highest BCUT2D eigenvalue weighted by molar-refractivity contribution is 5.91. The highest BCUT2D eigenvalue weighted by atomic mass is 16.7. The molecule has 2 unspecified atom stereocenters. The maximum atomic E-state index is 14.2. The summed E-state index contributed by atoms with van der Waals surface area (Å²) in [5, 5.41) is 0. The minimum atomic E-state index is -0.868. The molecule has 1 fully saturated rings. The fourth-order valence-electron chi connectivity index (χ4n) is 6.34. The van der Waals surface area contributed by atoms with Crippen molar-refractivity contribution >= 4 is 17.0 Å². The van der Waals surface area contributed by atoms with Gasteiger partial charge in [0.2, 0.25) is 6.79 Å². The highest BCUT2D eigenvalue weighted by Gasteiger charge is 2.74. The number of fused-ring (bicyclic) bond motifs is 7. The van der Waals surface area contributed by atoms with Gasteiger partial charge >= 0.3 is 5.97 Å². The first-order valence-electron chi connectivity index (χ1n) is 12.0. The standard InChI is InChI=1S/C28H30N2O4/c1-15(2)17-8-7-16(3)11-20(17)34-25(31)28-10-9-27(6,26(28,4)5)23-24(28)30-19-13-22-21(32-14-33-22)12-18(19)29-23/h7-8,11-13,15H,9-10,14H2,1-6H3. The molecular weight excluding hydrogens is 428 g/mol. The lowest BCUT2D eigenvalue weighted by Crippen LogP contribution is -2.48. The van der Waals surface area contributed by atoms with Gasteiger partial charge in [0.25, 0.3) is 0 Å². The smallest absolute Gasteiger partial charge is 0.324 e. The molecule has 2 aromatic carbocycles. The summed E-state index contributed by atoms with van der Waals surface area (Å²) in [6.45, 7) is 13.0. The van der Waals surface area contributed by atoms with E-state index in [4.69, 9.17) is 24.2 Å². The van der Waals surface area contributed by atoms with E-state index in [0.717, 1.165) is 34.5 Å². The Labute approximate surface area is 199 Å². The molecule has 1 saturated carbocycles. The van der Waals surface area contributed by atoms with E-state index >= 15 is 0 Å². The zero-order valence-corrected chi connectivity index (χ0v) is 20.6. The van der Waals surface area contributed by atoms with Gasteiger partial charge in [0.1, 0.15) is 11.2 Å². The second-order valence-corrected chi connectivity index (χ2v) is 11.1. The molecule has 0 amide bonds. The van der Waals surface area contributed by atoms with Crippen LogP contribution in [0.5, 0.6) is 17.2 Å². The molecular formula is C28H30N2O4. The fraction of sp³-hybridized carbons (Fsp3) is 0.464. The van der Waals surface area contributed by atoms with Crippen LogP contribution in [-0.2, 0) is 15.6 Å². The normalized spacial score (nSPS) is 25.7. The van der Waals surface area contributed by atoms with Crippen LogP contribution in [0.15, 0.2) is 30.3 Å². The molecule has 0 N–H and O–H groups in total. The van der Waals surface area contributed by atoms with Gasteiger partial charge in [-0.2, -0.15) is 0 Å². The number of benzene rings is 2. The van der Waals surface area contributed by atoms with Crippen LogP contribution in [0.2, 0.25) is 0 Å². The SMILES string of the molecule is Cc1ccc(C(C)C)c(OC(=O)C23CCC(C)(c4nc5cc6c(cc5nc42)OCO6)C3(C)C)c1. The molecule has 3 aliphatic rings. The Morgan fingerprint density at radius 1 is 0.971 bits per heavy atom. The summed E-state index contributed by atoms with van der Waals surface area (Å²) in [5.74, 6) is 2.00. The molecule has 2 heterocycles. The number of aromatic nitrogens is 2. The van der Waals surface area contributed by atoms with Gasteiger partial charge in [-0.25, -0.2) is 9.97 Å². The van der Waals surface area contributed by atoms with Crippen molar-refractivity contribution in [3.05, 3.63) is 52.8 Å². The minimum Gasteiger partial charge on any atom is -0.454 e. The van der Waals surface area contributed by atoms with Gasteiger partial charge < -0.3 is 14.2 Å². The molecule has 3 aromatic rings. The fourth-order valence-corrected chi connectivity index (χ4v) is 6.34. The van der Waals surface area contributed by atoms with E-state index < -0.39 is 10.8 Å². The summed E-state index contributed by atoms with van der Waals surface area (Å²) in [6, 6.07) is 9.84. The lowest BCUT2D eigenvalue weighted by atomic mass is 9.64. The Bertz CT molecular complexity index is 1380. The van der Waals surface area contributed by atoms with Crippen LogP contribution in [0.4, 0.5) is 0 Å². The van der Waals surface area contributed by atoms with Gasteiger partial charge in [-0.15, -0.1) is 0 Å². The first kappa shape index (κ1) is 21.4. The van der Waals surface area contributed by atoms with E-state index in [1.54, 1.807) is 0 Å². The van der Waals surface area contributed by atoms with E-state index in [2.05, 4.69) is 46.8 Å².